The molecule has 2 rings (SSSR count). The number of hydrogen-bond acceptors (Lipinski definition) is 5. The molecule has 27 heavy (non-hydrogen) atoms. The molecule has 0 radical (unpaired) electrons. The molecule has 2 heterocycles. The van der Waals surface area contributed by atoms with Crippen molar-refractivity contribution in [3.05, 3.63) is 23.9 Å². The Kier molecular flexibility index (Phi) is 5.86. The van der Waals surface area contributed by atoms with Crippen LogP contribution in [0.3, 0.4) is 0 Å². The Morgan fingerprint density at radius 1 is 1.30 bits per heavy atom. The van der Waals surface area contributed by atoms with Crippen LogP contribution < -0.4 is 10.1 Å². The number of rotatable bonds is 4. The van der Waals surface area contributed by atoms with Crippen LogP contribution in [-0.2, 0) is 15.7 Å². The van der Waals surface area contributed by atoms with E-state index in [0.29, 0.717) is 0 Å². The molecule has 2 amide bonds. The molecule has 7 nitrogen and oxygen atoms in total. The molecule has 0 saturated carbocycles. The minimum absolute atomic E-state index is 0.151. The highest BCUT2D eigenvalue weighted by Gasteiger charge is 2.36. The predicted molar refractivity (Wildman–Crippen MR) is 89.1 cm³/mol. The Balaban J connectivity index is 1.82. The summed E-state index contributed by atoms with van der Waals surface area (Å²) in [7, 11) is 0. The second kappa shape index (κ2) is 7.61. The fourth-order valence-electron chi connectivity index (χ4n) is 2.33. The van der Waals surface area contributed by atoms with Crippen molar-refractivity contribution in [2.45, 2.75) is 51.6 Å². The first-order valence-electron chi connectivity index (χ1n) is 8.33. The van der Waals surface area contributed by atoms with Gasteiger partial charge in [0.15, 0.2) is 0 Å². The van der Waals surface area contributed by atoms with Gasteiger partial charge in [0.1, 0.15) is 17.7 Å². The Morgan fingerprint density at radius 2 is 1.93 bits per heavy atom. The molecule has 1 fully saturated rings. The number of carbonyl (C=O) groups excluding carboxylic acids is 2. The van der Waals surface area contributed by atoms with Crippen molar-refractivity contribution in [1.82, 2.24) is 15.2 Å². The number of alkyl halides is 3. The summed E-state index contributed by atoms with van der Waals surface area (Å²) in [4.78, 5) is 29.1. The van der Waals surface area contributed by atoms with E-state index < -0.39 is 35.6 Å². The molecule has 1 aliphatic heterocycles. The number of halogens is 3. The van der Waals surface area contributed by atoms with Gasteiger partial charge in [-0.25, -0.2) is 9.78 Å². The molecule has 0 aliphatic carbocycles. The van der Waals surface area contributed by atoms with Gasteiger partial charge in [-0.1, -0.05) is 0 Å². The fourth-order valence-corrected chi connectivity index (χ4v) is 2.33. The van der Waals surface area contributed by atoms with E-state index in [1.54, 1.807) is 20.8 Å². The van der Waals surface area contributed by atoms with Crippen LogP contribution in [0.1, 0.15) is 33.3 Å². The highest BCUT2D eigenvalue weighted by molar-refractivity contribution is 5.86. The van der Waals surface area contributed by atoms with Crippen molar-refractivity contribution < 1.29 is 32.2 Å². The highest BCUT2D eigenvalue weighted by atomic mass is 19.4. The summed E-state index contributed by atoms with van der Waals surface area (Å²) in [6, 6.07) is 0.873. The van der Waals surface area contributed by atoms with Gasteiger partial charge in [-0.05, 0) is 33.8 Å². The molecule has 1 aromatic heterocycles. The summed E-state index contributed by atoms with van der Waals surface area (Å²) in [5.74, 6) is -0.487. The van der Waals surface area contributed by atoms with Crippen LogP contribution in [0.25, 0.3) is 0 Å². The average molecular weight is 389 g/mol. The number of nitrogens with one attached hydrogen (secondary N) is 1. The maximum Gasteiger partial charge on any atom is 0.416 e. The number of alkyl carbamates (subject to hydrolysis) is 1. The van der Waals surface area contributed by atoms with E-state index in [-0.39, 0.29) is 24.9 Å². The number of carbonyl (C=O) groups is 2. The number of aromatic nitrogens is 1. The Morgan fingerprint density at radius 3 is 2.48 bits per heavy atom. The van der Waals surface area contributed by atoms with E-state index in [0.717, 1.165) is 18.3 Å². The highest BCUT2D eigenvalue weighted by Crippen LogP contribution is 2.31. The number of ether oxygens (including phenoxy) is 2. The maximum atomic E-state index is 12.7. The molecule has 1 saturated heterocycles. The van der Waals surface area contributed by atoms with Gasteiger partial charge < -0.3 is 19.7 Å². The minimum atomic E-state index is -4.48. The lowest BCUT2D eigenvalue weighted by Crippen LogP contribution is -2.60. The molecule has 1 N–H and O–H groups in total. The summed E-state index contributed by atoms with van der Waals surface area (Å²) in [6.45, 7) is 7.03. The molecular formula is C17H22F3N3O4. The van der Waals surface area contributed by atoms with Crippen LogP contribution in [0.4, 0.5) is 18.0 Å². The number of pyridine rings is 1. The molecule has 0 bridgehead atoms. The zero-order chi connectivity index (χ0) is 20.4. The second-order valence-corrected chi connectivity index (χ2v) is 7.23. The van der Waals surface area contributed by atoms with E-state index in [2.05, 4.69) is 10.3 Å². The van der Waals surface area contributed by atoms with Crippen LogP contribution in [0.5, 0.6) is 5.88 Å². The first-order valence-corrected chi connectivity index (χ1v) is 8.33. The van der Waals surface area contributed by atoms with Crippen molar-refractivity contribution in [3.63, 3.8) is 0 Å². The first-order chi connectivity index (χ1) is 12.3. The molecule has 0 aromatic carbocycles. The lowest BCUT2D eigenvalue weighted by Gasteiger charge is -2.40. The standard InChI is InChI=1S/C17H22F3N3O4/c1-10(22-15(25)27-16(2,3)4)14(24)23-8-12(9-23)26-13-7-11(5-6-21-13)17(18,19)20/h5-7,10,12H,8-9H2,1-4H3,(H,22,25). The number of nitrogens with zero attached hydrogens (tertiary/aromatic N) is 2. The largest absolute Gasteiger partial charge is 0.471 e. The summed E-state index contributed by atoms with van der Waals surface area (Å²) in [5, 5.41) is 2.44. The molecule has 10 heteroatoms. The molecule has 150 valence electrons. The summed E-state index contributed by atoms with van der Waals surface area (Å²) in [6.07, 6.45) is -4.62. The molecule has 1 aliphatic rings. The SMILES string of the molecule is CC(NC(=O)OC(C)(C)C)C(=O)N1CC(Oc2cc(C(F)(F)F)ccn2)C1. The van der Waals surface area contributed by atoms with Crippen LogP contribution in [-0.4, -0.2) is 52.7 Å². The van der Waals surface area contributed by atoms with Crippen molar-refractivity contribution in [2.75, 3.05) is 13.1 Å². The van der Waals surface area contributed by atoms with Crippen molar-refractivity contribution in [3.8, 4) is 5.88 Å². The van der Waals surface area contributed by atoms with E-state index in [9.17, 15) is 22.8 Å². The smallest absolute Gasteiger partial charge is 0.416 e. The van der Waals surface area contributed by atoms with Gasteiger partial charge in [0.05, 0.1) is 18.7 Å². The van der Waals surface area contributed by atoms with Crippen molar-refractivity contribution in [1.29, 1.82) is 0 Å². The van der Waals surface area contributed by atoms with E-state index in [1.165, 1.54) is 11.8 Å². The van der Waals surface area contributed by atoms with E-state index >= 15 is 0 Å². The average Bonchev–Trinajstić information content (AvgIpc) is 2.47. The van der Waals surface area contributed by atoms with Gasteiger partial charge in [0.2, 0.25) is 11.8 Å². The van der Waals surface area contributed by atoms with Crippen molar-refractivity contribution in [2.24, 2.45) is 0 Å². The van der Waals surface area contributed by atoms with Gasteiger partial charge in [-0.15, -0.1) is 0 Å². The molecule has 1 aromatic rings. The van der Waals surface area contributed by atoms with Gasteiger partial charge in [-0.3, -0.25) is 4.79 Å². The van der Waals surface area contributed by atoms with E-state index in [1.807, 2.05) is 0 Å². The summed E-state index contributed by atoms with van der Waals surface area (Å²) in [5.41, 5.74) is -1.53. The Bertz CT molecular complexity index is 697. The normalized spacial score (nSPS) is 16.3. The third kappa shape index (κ3) is 6.00. The Labute approximate surface area is 154 Å². The second-order valence-electron chi connectivity index (χ2n) is 7.23. The van der Waals surface area contributed by atoms with Gasteiger partial charge in [0, 0.05) is 12.3 Å². The van der Waals surface area contributed by atoms with E-state index in [4.69, 9.17) is 9.47 Å². The molecular weight excluding hydrogens is 367 g/mol. The quantitative estimate of drug-likeness (QED) is 0.856. The summed E-state index contributed by atoms with van der Waals surface area (Å²) >= 11 is 0. The first kappa shape index (κ1) is 20.8. The number of likely N-dealkylation sites (tertiary alicyclic amines) is 1. The monoisotopic (exact) mass is 389 g/mol. The van der Waals surface area contributed by atoms with Crippen LogP contribution in [0.2, 0.25) is 0 Å². The summed E-state index contributed by atoms with van der Waals surface area (Å²) < 4.78 is 48.5. The molecule has 0 spiro atoms. The third-order valence-electron chi connectivity index (χ3n) is 3.61. The van der Waals surface area contributed by atoms with Crippen LogP contribution in [0, 0.1) is 0 Å². The maximum absolute atomic E-state index is 12.7. The van der Waals surface area contributed by atoms with Gasteiger partial charge in [-0.2, -0.15) is 13.2 Å². The van der Waals surface area contributed by atoms with Gasteiger partial charge in [0.25, 0.3) is 0 Å². The topological polar surface area (TPSA) is 80.8 Å². The zero-order valence-corrected chi connectivity index (χ0v) is 15.5. The van der Waals surface area contributed by atoms with Crippen molar-refractivity contribution >= 4 is 12.0 Å². The fraction of sp³-hybridized carbons (Fsp3) is 0.588. The molecule has 1 atom stereocenters. The lowest BCUT2D eigenvalue weighted by molar-refractivity contribution is -0.142. The molecule has 1 unspecified atom stereocenters. The lowest BCUT2D eigenvalue weighted by atomic mass is 10.1. The zero-order valence-electron chi connectivity index (χ0n) is 15.5. The van der Waals surface area contributed by atoms with Crippen LogP contribution >= 0.6 is 0 Å². The van der Waals surface area contributed by atoms with Crippen LogP contribution in [0.15, 0.2) is 18.3 Å². The number of amides is 2. The Hall–Kier alpha value is -2.52. The predicted octanol–water partition coefficient (Wildman–Crippen LogP) is 2.60. The minimum Gasteiger partial charge on any atom is -0.471 e. The van der Waals surface area contributed by atoms with Gasteiger partial charge >= 0.3 is 12.3 Å². The third-order valence-corrected chi connectivity index (χ3v) is 3.61. The number of hydrogen-bond donors (Lipinski definition) is 1.